The summed E-state index contributed by atoms with van der Waals surface area (Å²) in [6, 6.07) is 0. The maximum absolute atomic E-state index is 12.8. The van der Waals surface area contributed by atoms with Crippen molar-refractivity contribution in [3.63, 3.8) is 0 Å². The molecule has 6 heteroatoms. The highest BCUT2D eigenvalue weighted by atomic mass is 16.6. The van der Waals surface area contributed by atoms with E-state index in [2.05, 4.69) is 69.4 Å². The van der Waals surface area contributed by atoms with Crippen LogP contribution in [-0.2, 0) is 28.6 Å². The molecule has 0 aromatic rings. The van der Waals surface area contributed by atoms with E-state index in [9.17, 15) is 14.4 Å². The predicted molar refractivity (Wildman–Crippen MR) is 312 cm³/mol. The average Bonchev–Trinajstić information content (AvgIpc) is 3.38. The van der Waals surface area contributed by atoms with Crippen molar-refractivity contribution in [2.75, 3.05) is 13.2 Å². The lowest BCUT2D eigenvalue weighted by Gasteiger charge is -2.18. The van der Waals surface area contributed by atoms with Crippen LogP contribution in [0.1, 0.15) is 335 Å². The Kier molecular flexibility index (Phi) is 58.7. The first-order chi connectivity index (χ1) is 35.5. The Bertz CT molecular complexity index is 1250. The summed E-state index contributed by atoms with van der Waals surface area (Å²) in [7, 11) is 0. The minimum Gasteiger partial charge on any atom is -0.462 e. The molecule has 0 fully saturated rings. The van der Waals surface area contributed by atoms with Gasteiger partial charge in [-0.15, -0.1) is 0 Å². The lowest BCUT2D eigenvalue weighted by atomic mass is 10.0. The van der Waals surface area contributed by atoms with E-state index in [1.54, 1.807) is 0 Å². The zero-order valence-corrected chi connectivity index (χ0v) is 48.2. The summed E-state index contributed by atoms with van der Waals surface area (Å²) in [6.45, 7) is 6.60. The summed E-state index contributed by atoms with van der Waals surface area (Å²) in [5.41, 5.74) is 0. The van der Waals surface area contributed by atoms with Crippen molar-refractivity contribution < 1.29 is 28.6 Å². The highest BCUT2D eigenvalue weighted by molar-refractivity contribution is 5.71. The molecule has 0 aromatic heterocycles. The number of allylic oxidation sites excluding steroid dienone is 8. The molecule has 0 saturated carbocycles. The van der Waals surface area contributed by atoms with Gasteiger partial charge in [-0.2, -0.15) is 0 Å². The Balaban J connectivity index is 4.20. The lowest BCUT2D eigenvalue weighted by molar-refractivity contribution is -0.167. The Morgan fingerprint density at radius 3 is 0.833 bits per heavy atom. The van der Waals surface area contributed by atoms with Crippen LogP contribution in [0.2, 0.25) is 0 Å². The van der Waals surface area contributed by atoms with Gasteiger partial charge < -0.3 is 14.2 Å². The van der Waals surface area contributed by atoms with Gasteiger partial charge in [-0.25, -0.2) is 0 Å². The highest BCUT2D eigenvalue weighted by Gasteiger charge is 2.19. The highest BCUT2D eigenvalue weighted by Crippen LogP contribution is 2.17. The third-order valence-electron chi connectivity index (χ3n) is 14.0. The molecular formula is C66H120O6. The molecule has 0 aliphatic carbocycles. The molecule has 0 rings (SSSR count). The van der Waals surface area contributed by atoms with Crippen LogP contribution in [0.3, 0.4) is 0 Å². The van der Waals surface area contributed by atoms with Crippen LogP contribution in [0.15, 0.2) is 48.6 Å². The van der Waals surface area contributed by atoms with Crippen molar-refractivity contribution in [3.05, 3.63) is 48.6 Å². The molecule has 6 nitrogen and oxygen atoms in total. The van der Waals surface area contributed by atoms with Crippen molar-refractivity contribution >= 4 is 17.9 Å². The summed E-state index contributed by atoms with van der Waals surface area (Å²) in [5.74, 6) is -0.886. The van der Waals surface area contributed by atoms with Gasteiger partial charge in [0.05, 0.1) is 0 Å². The van der Waals surface area contributed by atoms with E-state index >= 15 is 0 Å². The van der Waals surface area contributed by atoms with E-state index in [0.29, 0.717) is 19.3 Å². The molecule has 420 valence electrons. The van der Waals surface area contributed by atoms with Gasteiger partial charge in [-0.1, -0.05) is 268 Å². The topological polar surface area (TPSA) is 78.9 Å². The van der Waals surface area contributed by atoms with Crippen LogP contribution >= 0.6 is 0 Å². The van der Waals surface area contributed by atoms with Crippen molar-refractivity contribution in [1.82, 2.24) is 0 Å². The smallest absolute Gasteiger partial charge is 0.306 e. The summed E-state index contributed by atoms with van der Waals surface area (Å²) >= 11 is 0. The number of carbonyl (C=O) groups is 3. The fourth-order valence-electron chi connectivity index (χ4n) is 9.22. The Morgan fingerprint density at radius 2 is 0.514 bits per heavy atom. The molecule has 0 aliphatic heterocycles. The summed E-state index contributed by atoms with van der Waals surface area (Å²) in [6.07, 6.45) is 75.5. The monoisotopic (exact) mass is 1010 g/mol. The molecule has 0 saturated heterocycles. The van der Waals surface area contributed by atoms with E-state index < -0.39 is 6.10 Å². The van der Waals surface area contributed by atoms with Crippen molar-refractivity contribution in [1.29, 1.82) is 0 Å². The maximum Gasteiger partial charge on any atom is 0.306 e. The third-order valence-corrected chi connectivity index (χ3v) is 14.0. The SMILES string of the molecule is CCCC/C=C\C/C=C\CCCCCCCC(=O)OC(COC(=O)CCCCCCC/C=C\CCCCCC)COC(=O)CCCCCCCCCCCCCCCCC/C=C\CCCCCCCCCC. The van der Waals surface area contributed by atoms with Gasteiger partial charge >= 0.3 is 17.9 Å². The van der Waals surface area contributed by atoms with E-state index in [1.165, 1.54) is 205 Å². The van der Waals surface area contributed by atoms with Crippen LogP contribution in [-0.4, -0.2) is 37.2 Å². The minimum atomic E-state index is -0.782. The molecule has 0 bridgehead atoms. The molecule has 1 unspecified atom stereocenters. The van der Waals surface area contributed by atoms with Crippen LogP contribution in [0.5, 0.6) is 0 Å². The first-order valence-electron chi connectivity index (χ1n) is 31.6. The molecule has 0 radical (unpaired) electrons. The van der Waals surface area contributed by atoms with Crippen molar-refractivity contribution in [2.24, 2.45) is 0 Å². The quantitative estimate of drug-likeness (QED) is 0.0261. The molecule has 0 aliphatic rings. The molecule has 0 spiro atoms. The standard InChI is InChI=1S/C66H120O6/c1-4-7-10-13-16-19-22-25-27-28-29-30-31-32-33-34-35-36-37-38-39-42-44-47-50-53-56-59-65(68)71-62-63(61-70-64(67)58-55-52-49-46-43-40-24-21-18-15-12-9-6-3)72-66(69)60-57-54-51-48-45-41-26-23-20-17-14-11-8-5-2/h14,17,21,23-24,26,28-29,63H,4-13,15-16,18-20,22,25,27,30-62H2,1-3H3/b17-14-,24-21-,26-23-,29-28-. The Labute approximate surface area is 448 Å². The lowest BCUT2D eigenvalue weighted by Crippen LogP contribution is -2.30. The number of esters is 3. The summed E-state index contributed by atoms with van der Waals surface area (Å²) in [5, 5.41) is 0. The van der Waals surface area contributed by atoms with Crippen molar-refractivity contribution in [3.8, 4) is 0 Å². The summed E-state index contributed by atoms with van der Waals surface area (Å²) < 4.78 is 16.9. The Hall–Kier alpha value is -2.63. The zero-order chi connectivity index (χ0) is 52.2. The average molecular weight is 1010 g/mol. The summed E-state index contributed by atoms with van der Waals surface area (Å²) in [4.78, 5) is 38.2. The first-order valence-corrected chi connectivity index (χ1v) is 31.6. The van der Waals surface area contributed by atoms with Crippen LogP contribution in [0.4, 0.5) is 0 Å². The maximum atomic E-state index is 12.8. The second kappa shape index (κ2) is 60.9. The first kappa shape index (κ1) is 69.4. The van der Waals surface area contributed by atoms with Gasteiger partial charge in [0.1, 0.15) is 13.2 Å². The van der Waals surface area contributed by atoms with Gasteiger partial charge in [0.25, 0.3) is 0 Å². The normalized spacial score (nSPS) is 12.3. The fourth-order valence-corrected chi connectivity index (χ4v) is 9.22. The number of unbranched alkanes of at least 4 members (excludes halogenated alkanes) is 39. The van der Waals surface area contributed by atoms with E-state index in [-0.39, 0.29) is 31.1 Å². The molecule has 0 heterocycles. The predicted octanol–water partition coefficient (Wildman–Crippen LogP) is 21.4. The molecule has 0 N–H and O–H groups in total. The second-order valence-corrected chi connectivity index (χ2v) is 21.3. The van der Waals surface area contributed by atoms with Gasteiger partial charge in [-0.05, 0) is 96.3 Å². The largest absolute Gasteiger partial charge is 0.462 e. The van der Waals surface area contributed by atoms with Crippen LogP contribution in [0.25, 0.3) is 0 Å². The third kappa shape index (κ3) is 58.3. The zero-order valence-electron chi connectivity index (χ0n) is 48.2. The molecule has 72 heavy (non-hydrogen) atoms. The molecule has 0 aromatic carbocycles. The molecular weight excluding hydrogens is 889 g/mol. The number of hydrogen-bond acceptors (Lipinski definition) is 6. The molecule has 1 atom stereocenters. The Morgan fingerprint density at radius 1 is 0.278 bits per heavy atom. The van der Waals surface area contributed by atoms with Crippen LogP contribution < -0.4 is 0 Å². The number of rotatable bonds is 58. The fraction of sp³-hybridized carbons (Fsp3) is 0.833. The number of ether oxygens (including phenoxy) is 3. The van der Waals surface area contributed by atoms with Crippen molar-refractivity contribution in [2.45, 2.75) is 341 Å². The van der Waals surface area contributed by atoms with Gasteiger partial charge in [-0.3, -0.25) is 14.4 Å². The number of carbonyl (C=O) groups excluding carboxylic acids is 3. The van der Waals surface area contributed by atoms with Gasteiger partial charge in [0.2, 0.25) is 0 Å². The van der Waals surface area contributed by atoms with Crippen LogP contribution in [0, 0.1) is 0 Å². The van der Waals surface area contributed by atoms with Gasteiger partial charge in [0.15, 0.2) is 6.10 Å². The van der Waals surface area contributed by atoms with E-state index in [0.717, 1.165) is 89.9 Å². The minimum absolute atomic E-state index is 0.0790. The molecule has 0 amide bonds. The van der Waals surface area contributed by atoms with Gasteiger partial charge in [0, 0.05) is 19.3 Å². The van der Waals surface area contributed by atoms with E-state index in [4.69, 9.17) is 14.2 Å². The van der Waals surface area contributed by atoms with E-state index in [1.807, 2.05) is 0 Å². The second-order valence-electron chi connectivity index (χ2n) is 21.3. The number of hydrogen-bond donors (Lipinski definition) is 0.